The molecule has 0 N–H and O–H groups in total. The van der Waals surface area contributed by atoms with E-state index in [1.807, 2.05) is 6.07 Å². The van der Waals surface area contributed by atoms with E-state index in [0.717, 1.165) is 30.4 Å². The summed E-state index contributed by atoms with van der Waals surface area (Å²) in [6, 6.07) is 13.8. The van der Waals surface area contributed by atoms with Gasteiger partial charge in [-0.1, -0.05) is 82.7 Å². The molecule has 2 aromatic carbocycles. The van der Waals surface area contributed by atoms with E-state index in [1.54, 1.807) is 12.1 Å². The van der Waals surface area contributed by atoms with Crippen molar-refractivity contribution in [2.75, 3.05) is 6.61 Å². The van der Waals surface area contributed by atoms with Gasteiger partial charge in [-0.3, -0.25) is 0 Å². The van der Waals surface area contributed by atoms with Crippen LogP contribution in [0.15, 0.2) is 42.5 Å². The van der Waals surface area contributed by atoms with Crippen LogP contribution in [0.4, 0.5) is 4.39 Å². The fourth-order valence-corrected chi connectivity index (χ4v) is 3.13. The third-order valence-corrected chi connectivity index (χ3v) is 4.79. The van der Waals surface area contributed by atoms with Crippen molar-refractivity contribution in [3.8, 4) is 16.9 Å². The van der Waals surface area contributed by atoms with Crippen LogP contribution < -0.4 is 4.74 Å². The summed E-state index contributed by atoms with van der Waals surface area (Å²) in [6.45, 7) is 5.01. The first kappa shape index (κ1) is 20.5. The maximum Gasteiger partial charge on any atom is 0.165 e. The summed E-state index contributed by atoms with van der Waals surface area (Å²) >= 11 is 0. The number of unbranched alkanes of at least 4 members (excludes halogenated alkanes) is 6. The first-order chi connectivity index (χ1) is 12.7. The molecule has 0 radical (unpaired) electrons. The number of ether oxygens (including phenoxy) is 1. The molecule has 1 nitrogen and oxygen atoms in total. The number of aryl methyl sites for hydroxylation is 1. The fourth-order valence-electron chi connectivity index (χ4n) is 3.13. The maximum absolute atomic E-state index is 14.3. The number of hydrogen-bond donors (Lipinski definition) is 0. The normalized spacial score (nSPS) is 10.9. The van der Waals surface area contributed by atoms with Crippen molar-refractivity contribution in [1.29, 1.82) is 0 Å². The highest BCUT2D eigenvalue weighted by Gasteiger charge is 2.06. The molecule has 2 rings (SSSR count). The minimum atomic E-state index is -0.275. The summed E-state index contributed by atoms with van der Waals surface area (Å²) in [5, 5.41) is 0. The van der Waals surface area contributed by atoms with Crippen LogP contribution in [0.5, 0.6) is 5.75 Å². The van der Waals surface area contributed by atoms with Crippen LogP contribution in [-0.4, -0.2) is 6.61 Å². The minimum absolute atomic E-state index is 0.275. The zero-order valence-corrected chi connectivity index (χ0v) is 16.4. The highest BCUT2D eigenvalue weighted by molar-refractivity contribution is 5.64. The van der Waals surface area contributed by atoms with Gasteiger partial charge in [0.1, 0.15) is 0 Å². The molecule has 0 bridgehead atoms. The molecule has 0 saturated carbocycles. The summed E-state index contributed by atoms with van der Waals surface area (Å²) < 4.78 is 19.9. The van der Waals surface area contributed by atoms with Crippen LogP contribution in [0, 0.1) is 5.82 Å². The van der Waals surface area contributed by atoms with Crippen LogP contribution in [0.2, 0.25) is 0 Å². The van der Waals surface area contributed by atoms with Crippen LogP contribution >= 0.6 is 0 Å². The molecule has 0 aliphatic carbocycles. The third-order valence-electron chi connectivity index (χ3n) is 4.79. The predicted octanol–water partition coefficient (Wildman–Crippen LogP) is 7.57. The number of hydrogen-bond acceptors (Lipinski definition) is 1. The summed E-state index contributed by atoms with van der Waals surface area (Å²) in [4.78, 5) is 0. The average molecular weight is 357 g/mol. The second-order valence-corrected chi connectivity index (χ2v) is 7.06. The molecule has 142 valence electrons. The number of rotatable bonds is 12. The topological polar surface area (TPSA) is 9.23 Å². The predicted molar refractivity (Wildman–Crippen MR) is 109 cm³/mol. The molecule has 0 saturated heterocycles. The Bertz CT molecular complexity index is 633. The van der Waals surface area contributed by atoms with Crippen molar-refractivity contribution in [2.45, 2.75) is 71.6 Å². The minimum Gasteiger partial charge on any atom is -0.491 e. The van der Waals surface area contributed by atoms with Crippen molar-refractivity contribution in [3.63, 3.8) is 0 Å². The van der Waals surface area contributed by atoms with Gasteiger partial charge in [0, 0.05) is 0 Å². The molecule has 0 unspecified atom stereocenters. The largest absolute Gasteiger partial charge is 0.491 e. The second-order valence-electron chi connectivity index (χ2n) is 7.06. The Morgan fingerprint density at radius 3 is 2.08 bits per heavy atom. The van der Waals surface area contributed by atoms with Crippen molar-refractivity contribution < 1.29 is 9.13 Å². The Hall–Kier alpha value is -1.83. The lowest BCUT2D eigenvalue weighted by molar-refractivity contribution is 0.290. The van der Waals surface area contributed by atoms with Gasteiger partial charge in [-0.05, 0) is 48.1 Å². The Labute approximate surface area is 158 Å². The zero-order valence-electron chi connectivity index (χ0n) is 16.4. The van der Waals surface area contributed by atoms with E-state index < -0.39 is 0 Å². The molecular formula is C24H33FO. The number of benzene rings is 2. The maximum atomic E-state index is 14.3. The van der Waals surface area contributed by atoms with E-state index in [-0.39, 0.29) is 5.82 Å². The van der Waals surface area contributed by atoms with Gasteiger partial charge in [0.25, 0.3) is 0 Å². The quantitative estimate of drug-likeness (QED) is 0.356. The van der Waals surface area contributed by atoms with E-state index in [1.165, 1.54) is 44.1 Å². The molecule has 0 aliphatic heterocycles. The second kappa shape index (κ2) is 11.7. The van der Waals surface area contributed by atoms with E-state index in [2.05, 4.69) is 38.1 Å². The van der Waals surface area contributed by atoms with Crippen molar-refractivity contribution in [1.82, 2.24) is 0 Å². The lowest BCUT2D eigenvalue weighted by Gasteiger charge is -2.09. The smallest absolute Gasteiger partial charge is 0.165 e. The molecular weight excluding hydrogens is 323 g/mol. The van der Waals surface area contributed by atoms with Gasteiger partial charge >= 0.3 is 0 Å². The van der Waals surface area contributed by atoms with Gasteiger partial charge in [0.2, 0.25) is 0 Å². The summed E-state index contributed by atoms with van der Waals surface area (Å²) in [5.41, 5.74) is 3.30. The van der Waals surface area contributed by atoms with E-state index in [9.17, 15) is 4.39 Å². The first-order valence-corrected chi connectivity index (χ1v) is 10.3. The van der Waals surface area contributed by atoms with Crippen molar-refractivity contribution in [2.24, 2.45) is 0 Å². The van der Waals surface area contributed by atoms with Gasteiger partial charge in [-0.25, -0.2) is 4.39 Å². The third kappa shape index (κ3) is 6.82. The van der Waals surface area contributed by atoms with Gasteiger partial charge in [0.15, 0.2) is 11.6 Å². The molecule has 0 aromatic heterocycles. The van der Waals surface area contributed by atoms with E-state index in [4.69, 9.17) is 4.74 Å². The molecule has 0 atom stereocenters. The molecule has 0 aliphatic rings. The SMILES string of the molecule is CCCCCCCOc1ccc(-c2ccc(CCCCC)cc2)cc1F. The van der Waals surface area contributed by atoms with Gasteiger partial charge in [-0.15, -0.1) is 0 Å². The lowest BCUT2D eigenvalue weighted by atomic mass is 10.0. The van der Waals surface area contributed by atoms with Gasteiger partial charge in [0.05, 0.1) is 6.61 Å². The van der Waals surface area contributed by atoms with Crippen LogP contribution in [-0.2, 0) is 6.42 Å². The molecule has 2 heteroatoms. The standard InChI is InChI=1S/C24H33FO/c1-3-5-7-8-10-18-26-24-17-16-22(19-23(24)25)21-14-12-20(13-15-21)11-9-6-4-2/h12-17,19H,3-11,18H2,1-2H3. The van der Waals surface area contributed by atoms with E-state index >= 15 is 0 Å². The van der Waals surface area contributed by atoms with Crippen molar-refractivity contribution >= 4 is 0 Å². The Morgan fingerprint density at radius 1 is 0.731 bits per heavy atom. The molecule has 0 fully saturated rings. The Kier molecular flexibility index (Phi) is 9.23. The van der Waals surface area contributed by atoms with Crippen LogP contribution in [0.3, 0.4) is 0 Å². The summed E-state index contributed by atoms with van der Waals surface area (Å²) in [7, 11) is 0. The summed E-state index contributed by atoms with van der Waals surface area (Å²) in [5.74, 6) is 0.0866. The molecule has 26 heavy (non-hydrogen) atoms. The molecule has 0 heterocycles. The summed E-state index contributed by atoms with van der Waals surface area (Å²) in [6.07, 6.45) is 10.7. The highest BCUT2D eigenvalue weighted by Crippen LogP contribution is 2.26. The average Bonchev–Trinajstić information content (AvgIpc) is 2.66. The van der Waals surface area contributed by atoms with E-state index in [0.29, 0.717) is 12.4 Å². The van der Waals surface area contributed by atoms with Crippen LogP contribution in [0.25, 0.3) is 11.1 Å². The molecule has 0 spiro atoms. The molecule has 0 amide bonds. The highest BCUT2D eigenvalue weighted by atomic mass is 19.1. The first-order valence-electron chi connectivity index (χ1n) is 10.3. The Morgan fingerprint density at radius 2 is 1.38 bits per heavy atom. The molecule has 2 aromatic rings. The fraction of sp³-hybridized carbons (Fsp3) is 0.500. The van der Waals surface area contributed by atoms with Crippen molar-refractivity contribution in [3.05, 3.63) is 53.8 Å². The van der Waals surface area contributed by atoms with Gasteiger partial charge < -0.3 is 4.74 Å². The number of halogens is 1. The zero-order chi connectivity index (χ0) is 18.6. The Balaban J connectivity index is 1.87. The monoisotopic (exact) mass is 356 g/mol. The lowest BCUT2D eigenvalue weighted by Crippen LogP contribution is -1.99. The van der Waals surface area contributed by atoms with Gasteiger partial charge in [-0.2, -0.15) is 0 Å². The van der Waals surface area contributed by atoms with Crippen LogP contribution in [0.1, 0.15) is 70.8 Å².